The predicted octanol–water partition coefficient (Wildman–Crippen LogP) is 0.844. The molecule has 1 rings (SSSR count). The van der Waals surface area contributed by atoms with Gasteiger partial charge < -0.3 is 15.9 Å². The standard InChI is InChI=1S/C13H17FN2O5/c1-21-16-11-3-2-7(5-9(11)14)4-8(12(17)18)6-10(15)13(19)20/h2-3,5,8,10,16H,4,6,15H2,1H3,(H,17,18)(H,19,20). The Morgan fingerprint density at radius 3 is 2.52 bits per heavy atom. The molecule has 0 saturated heterocycles. The largest absolute Gasteiger partial charge is 0.481 e. The molecule has 0 bridgehead atoms. The molecule has 0 aliphatic heterocycles. The van der Waals surface area contributed by atoms with Crippen molar-refractivity contribution in [1.29, 1.82) is 0 Å². The van der Waals surface area contributed by atoms with E-state index >= 15 is 0 Å². The maximum atomic E-state index is 13.7. The van der Waals surface area contributed by atoms with Gasteiger partial charge in [0, 0.05) is 0 Å². The fraction of sp³-hybridized carbons (Fsp3) is 0.385. The fourth-order valence-electron chi connectivity index (χ4n) is 1.84. The Labute approximate surface area is 120 Å². The molecular formula is C13H17FN2O5. The molecule has 8 heteroatoms. The highest BCUT2D eigenvalue weighted by molar-refractivity contribution is 5.76. The van der Waals surface area contributed by atoms with Crippen LogP contribution in [-0.4, -0.2) is 35.3 Å². The second kappa shape index (κ2) is 7.55. The Morgan fingerprint density at radius 2 is 2.05 bits per heavy atom. The molecule has 0 spiro atoms. The van der Waals surface area contributed by atoms with Crippen molar-refractivity contribution in [1.82, 2.24) is 0 Å². The van der Waals surface area contributed by atoms with Gasteiger partial charge in [-0.3, -0.25) is 19.9 Å². The summed E-state index contributed by atoms with van der Waals surface area (Å²) in [6.45, 7) is 0. The van der Waals surface area contributed by atoms with Gasteiger partial charge in [-0.15, -0.1) is 0 Å². The summed E-state index contributed by atoms with van der Waals surface area (Å²) in [5, 5.41) is 17.8. The van der Waals surface area contributed by atoms with E-state index in [0.717, 1.165) is 0 Å². The molecule has 0 fully saturated rings. The van der Waals surface area contributed by atoms with Crippen LogP contribution in [0.25, 0.3) is 0 Å². The minimum absolute atomic E-state index is 0.0134. The first-order chi connectivity index (χ1) is 9.85. The minimum Gasteiger partial charge on any atom is -0.481 e. The summed E-state index contributed by atoms with van der Waals surface area (Å²) in [4.78, 5) is 26.4. The molecule has 0 amide bonds. The number of anilines is 1. The Kier molecular flexibility index (Phi) is 6.07. The van der Waals surface area contributed by atoms with Crippen LogP contribution in [0.15, 0.2) is 18.2 Å². The molecule has 0 saturated carbocycles. The van der Waals surface area contributed by atoms with E-state index in [4.69, 9.17) is 15.9 Å². The number of halogens is 1. The first kappa shape index (κ1) is 16.9. The first-order valence-electron chi connectivity index (χ1n) is 6.13. The fourth-order valence-corrected chi connectivity index (χ4v) is 1.84. The number of nitrogens with one attached hydrogen (secondary N) is 1. The Hall–Kier alpha value is -2.19. The number of nitrogens with two attached hydrogens (primary N) is 1. The molecule has 21 heavy (non-hydrogen) atoms. The third-order valence-corrected chi connectivity index (χ3v) is 2.93. The molecule has 0 heterocycles. The lowest BCUT2D eigenvalue weighted by molar-refractivity contribution is -0.143. The maximum absolute atomic E-state index is 13.7. The molecule has 1 aromatic carbocycles. The zero-order valence-electron chi connectivity index (χ0n) is 11.4. The van der Waals surface area contributed by atoms with Gasteiger partial charge in [-0.1, -0.05) is 6.07 Å². The second-order valence-electron chi connectivity index (χ2n) is 4.54. The van der Waals surface area contributed by atoms with Crippen molar-refractivity contribution < 1.29 is 29.0 Å². The van der Waals surface area contributed by atoms with Crippen LogP contribution in [0.2, 0.25) is 0 Å². The van der Waals surface area contributed by atoms with Gasteiger partial charge >= 0.3 is 11.9 Å². The van der Waals surface area contributed by atoms with Crippen LogP contribution in [-0.2, 0) is 20.8 Å². The normalized spacial score (nSPS) is 13.5. The number of rotatable bonds is 8. The van der Waals surface area contributed by atoms with E-state index in [1.54, 1.807) is 0 Å². The highest BCUT2D eigenvalue weighted by Gasteiger charge is 2.24. The van der Waals surface area contributed by atoms with E-state index in [2.05, 4.69) is 10.3 Å². The van der Waals surface area contributed by atoms with Gasteiger partial charge in [-0.05, 0) is 30.5 Å². The number of benzene rings is 1. The summed E-state index contributed by atoms with van der Waals surface area (Å²) in [5.74, 6) is -4.05. The van der Waals surface area contributed by atoms with Gasteiger partial charge in [-0.2, -0.15) is 0 Å². The van der Waals surface area contributed by atoms with Gasteiger partial charge in [0.1, 0.15) is 11.9 Å². The quantitative estimate of drug-likeness (QED) is 0.525. The SMILES string of the molecule is CONc1ccc(CC(CC(N)C(=O)O)C(=O)O)cc1F. The second-order valence-corrected chi connectivity index (χ2v) is 4.54. The first-order valence-corrected chi connectivity index (χ1v) is 6.13. The number of carboxylic acids is 2. The van der Waals surface area contributed by atoms with Gasteiger partial charge in [0.05, 0.1) is 18.7 Å². The van der Waals surface area contributed by atoms with E-state index in [0.29, 0.717) is 5.56 Å². The third-order valence-electron chi connectivity index (χ3n) is 2.93. The minimum atomic E-state index is -1.27. The smallest absolute Gasteiger partial charge is 0.320 e. The summed E-state index contributed by atoms with van der Waals surface area (Å²) in [5.41, 5.74) is 8.23. The molecule has 0 aromatic heterocycles. The molecule has 0 aliphatic carbocycles. The predicted molar refractivity (Wildman–Crippen MR) is 72.1 cm³/mol. The molecule has 116 valence electrons. The van der Waals surface area contributed by atoms with Crippen LogP contribution in [0.4, 0.5) is 10.1 Å². The molecule has 2 atom stereocenters. The van der Waals surface area contributed by atoms with Crippen LogP contribution in [0.3, 0.4) is 0 Å². The maximum Gasteiger partial charge on any atom is 0.320 e. The summed E-state index contributed by atoms with van der Waals surface area (Å²) in [6, 6.07) is 2.84. The third kappa shape index (κ3) is 5.01. The summed E-state index contributed by atoms with van der Waals surface area (Å²) >= 11 is 0. The van der Waals surface area contributed by atoms with Gasteiger partial charge in [0.2, 0.25) is 0 Å². The molecule has 5 N–H and O–H groups in total. The Morgan fingerprint density at radius 1 is 1.38 bits per heavy atom. The molecule has 0 aliphatic rings. The van der Waals surface area contributed by atoms with Gasteiger partial charge in [0.25, 0.3) is 0 Å². The van der Waals surface area contributed by atoms with E-state index in [1.165, 1.54) is 25.3 Å². The van der Waals surface area contributed by atoms with Crippen molar-refractivity contribution >= 4 is 17.6 Å². The van der Waals surface area contributed by atoms with E-state index in [-0.39, 0.29) is 18.5 Å². The van der Waals surface area contributed by atoms with Crippen LogP contribution < -0.4 is 11.2 Å². The number of carboxylic acid groups (broad SMARTS) is 2. The number of hydrogen-bond donors (Lipinski definition) is 4. The lowest BCUT2D eigenvalue weighted by atomic mass is 9.93. The van der Waals surface area contributed by atoms with Crippen molar-refractivity contribution in [2.75, 3.05) is 12.6 Å². The topological polar surface area (TPSA) is 122 Å². The number of carbonyl (C=O) groups is 2. The molecule has 2 unspecified atom stereocenters. The zero-order valence-corrected chi connectivity index (χ0v) is 11.4. The Bertz CT molecular complexity index is 523. The van der Waals surface area contributed by atoms with Crippen LogP contribution in [0.5, 0.6) is 0 Å². The van der Waals surface area contributed by atoms with E-state index < -0.39 is 29.7 Å². The van der Waals surface area contributed by atoms with Crippen molar-refractivity contribution in [2.45, 2.75) is 18.9 Å². The molecule has 7 nitrogen and oxygen atoms in total. The highest BCUT2D eigenvalue weighted by atomic mass is 19.1. The van der Waals surface area contributed by atoms with E-state index in [1.807, 2.05) is 0 Å². The van der Waals surface area contributed by atoms with Gasteiger partial charge in [0.15, 0.2) is 0 Å². The average Bonchev–Trinajstić information content (AvgIpc) is 2.40. The highest BCUT2D eigenvalue weighted by Crippen LogP contribution is 2.20. The monoisotopic (exact) mass is 300 g/mol. The summed E-state index contributed by atoms with van der Waals surface area (Å²) in [6.07, 6.45) is -0.245. The average molecular weight is 300 g/mol. The summed E-state index contributed by atoms with van der Waals surface area (Å²) < 4.78 is 13.7. The van der Waals surface area contributed by atoms with Crippen molar-refractivity contribution in [3.63, 3.8) is 0 Å². The molecule has 0 radical (unpaired) electrons. The van der Waals surface area contributed by atoms with Crippen molar-refractivity contribution in [2.24, 2.45) is 11.7 Å². The van der Waals surface area contributed by atoms with Crippen molar-refractivity contribution in [3.05, 3.63) is 29.6 Å². The lowest BCUT2D eigenvalue weighted by Crippen LogP contribution is -2.35. The van der Waals surface area contributed by atoms with Crippen LogP contribution in [0.1, 0.15) is 12.0 Å². The van der Waals surface area contributed by atoms with Crippen LogP contribution >= 0.6 is 0 Å². The van der Waals surface area contributed by atoms with Crippen LogP contribution in [0, 0.1) is 11.7 Å². The summed E-state index contributed by atoms with van der Waals surface area (Å²) in [7, 11) is 1.33. The lowest BCUT2D eigenvalue weighted by Gasteiger charge is -2.15. The molecular weight excluding hydrogens is 283 g/mol. The Balaban J connectivity index is 2.82. The number of aliphatic carboxylic acids is 2. The van der Waals surface area contributed by atoms with Gasteiger partial charge in [-0.25, -0.2) is 4.39 Å². The molecule has 1 aromatic rings. The van der Waals surface area contributed by atoms with Crippen molar-refractivity contribution in [3.8, 4) is 0 Å². The van der Waals surface area contributed by atoms with E-state index in [9.17, 15) is 14.0 Å². The number of hydrogen-bond acceptors (Lipinski definition) is 5. The zero-order chi connectivity index (χ0) is 16.0.